The average Bonchev–Trinajstić information content (AvgIpc) is 2.94. The van der Waals surface area contributed by atoms with Gasteiger partial charge in [0, 0.05) is 13.8 Å². The first-order chi connectivity index (χ1) is 9.36. The summed E-state index contributed by atoms with van der Waals surface area (Å²) in [6.45, 7) is 3.75. The van der Waals surface area contributed by atoms with Crippen LogP contribution in [0.4, 0.5) is 0 Å². The van der Waals surface area contributed by atoms with E-state index in [-0.39, 0.29) is 17.1 Å². The summed E-state index contributed by atoms with van der Waals surface area (Å²) in [5.41, 5.74) is -0.899. The fraction of sp³-hybridized carbons (Fsp3) is 0.231. The second kappa shape index (κ2) is 4.76. The normalized spacial score (nSPS) is 10.6. The zero-order valence-corrected chi connectivity index (χ0v) is 11.2. The van der Waals surface area contributed by atoms with Gasteiger partial charge < -0.3 is 4.42 Å². The SMILES string of the molecule is CC(=O)n1c(C)c(C(=O)c2ccco2)n(C(C)=O)c1=O. The molecule has 0 bridgehead atoms. The molecule has 0 amide bonds. The number of hydrogen-bond acceptors (Lipinski definition) is 5. The largest absolute Gasteiger partial charge is 0.461 e. The van der Waals surface area contributed by atoms with E-state index in [9.17, 15) is 19.2 Å². The molecule has 0 unspecified atom stereocenters. The zero-order valence-electron chi connectivity index (χ0n) is 11.2. The molecular weight excluding hydrogens is 264 g/mol. The van der Waals surface area contributed by atoms with Gasteiger partial charge in [-0.1, -0.05) is 0 Å². The van der Waals surface area contributed by atoms with E-state index in [0.29, 0.717) is 4.57 Å². The van der Waals surface area contributed by atoms with Crippen LogP contribution in [-0.4, -0.2) is 26.7 Å². The molecule has 0 fully saturated rings. The van der Waals surface area contributed by atoms with E-state index < -0.39 is 23.3 Å². The molecule has 20 heavy (non-hydrogen) atoms. The highest BCUT2D eigenvalue weighted by molar-refractivity contribution is 6.09. The lowest BCUT2D eigenvalue weighted by atomic mass is 10.2. The quantitative estimate of drug-likeness (QED) is 0.766. The number of ketones is 1. The van der Waals surface area contributed by atoms with Crippen molar-refractivity contribution in [3.8, 4) is 0 Å². The number of rotatable bonds is 2. The average molecular weight is 276 g/mol. The summed E-state index contributed by atoms with van der Waals surface area (Å²) in [7, 11) is 0. The number of imidazole rings is 1. The lowest BCUT2D eigenvalue weighted by Crippen LogP contribution is -2.31. The summed E-state index contributed by atoms with van der Waals surface area (Å²) in [4.78, 5) is 47.5. The van der Waals surface area contributed by atoms with E-state index in [0.717, 1.165) is 11.5 Å². The molecular formula is C13H12N2O5. The Morgan fingerprint density at radius 2 is 1.70 bits per heavy atom. The van der Waals surface area contributed by atoms with Gasteiger partial charge in [-0.25, -0.2) is 13.9 Å². The van der Waals surface area contributed by atoms with Gasteiger partial charge in [-0.3, -0.25) is 14.4 Å². The van der Waals surface area contributed by atoms with Gasteiger partial charge in [-0.05, 0) is 19.1 Å². The molecule has 7 nitrogen and oxygen atoms in total. The molecule has 0 N–H and O–H groups in total. The Balaban J connectivity index is 2.79. The summed E-state index contributed by atoms with van der Waals surface area (Å²) >= 11 is 0. The van der Waals surface area contributed by atoms with E-state index in [2.05, 4.69) is 0 Å². The number of nitrogens with zero attached hydrogens (tertiary/aromatic N) is 2. The van der Waals surface area contributed by atoms with Crippen LogP contribution < -0.4 is 5.69 Å². The minimum Gasteiger partial charge on any atom is -0.461 e. The monoisotopic (exact) mass is 276 g/mol. The van der Waals surface area contributed by atoms with Gasteiger partial charge in [0.05, 0.1) is 12.0 Å². The Kier molecular flexibility index (Phi) is 3.27. The second-order valence-corrected chi connectivity index (χ2v) is 4.23. The highest BCUT2D eigenvalue weighted by Crippen LogP contribution is 2.14. The van der Waals surface area contributed by atoms with Gasteiger partial charge in [0.15, 0.2) is 5.76 Å². The minimum atomic E-state index is -0.850. The predicted molar refractivity (Wildman–Crippen MR) is 68.2 cm³/mol. The van der Waals surface area contributed by atoms with E-state index in [1.54, 1.807) is 0 Å². The maximum absolute atomic E-state index is 12.3. The van der Waals surface area contributed by atoms with Gasteiger partial charge in [0.25, 0.3) is 0 Å². The molecule has 2 aromatic heterocycles. The van der Waals surface area contributed by atoms with Gasteiger partial charge in [0.1, 0.15) is 5.69 Å². The van der Waals surface area contributed by atoms with E-state index in [4.69, 9.17) is 4.42 Å². The van der Waals surface area contributed by atoms with Crippen LogP contribution in [0.2, 0.25) is 0 Å². The highest BCUT2D eigenvalue weighted by Gasteiger charge is 2.28. The van der Waals surface area contributed by atoms with Crippen molar-refractivity contribution < 1.29 is 18.8 Å². The molecule has 7 heteroatoms. The third-order valence-corrected chi connectivity index (χ3v) is 2.87. The van der Waals surface area contributed by atoms with Crippen LogP contribution >= 0.6 is 0 Å². The van der Waals surface area contributed by atoms with Crippen LogP contribution in [0.5, 0.6) is 0 Å². The Hall–Kier alpha value is -2.70. The van der Waals surface area contributed by atoms with E-state index in [1.807, 2.05) is 0 Å². The van der Waals surface area contributed by atoms with Crippen LogP contribution in [0.25, 0.3) is 0 Å². The molecule has 0 aliphatic heterocycles. The number of aromatic nitrogens is 2. The zero-order chi connectivity index (χ0) is 15.0. The molecule has 2 heterocycles. The Labute approximate surface area is 113 Å². The second-order valence-electron chi connectivity index (χ2n) is 4.23. The van der Waals surface area contributed by atoms with Crippen LogP contribution in [0, 0.1) is 6.92 Å². The smallest absolute Gasteiger partial charge is 0.342 e. The van der Waals surface area contributed by atoms with Gasteiger partial charge in [-0.2, -0.15) is 0 Å². The first kappa shape index (κ1) is 13.7. The van der Waals surface area contributed by atoms with Crippen molar-refractivity contribution >= 4 is 17.6 Å². The van der Waals surface area contributed by atoms with Crippen molar-refractivity contribution in [2.24, 2.45) is 0 Å². The first-order valence-corrected chi connectivity index (χ1v) is 5.80. The number of hydrogen-bond donors (Lipinski definition) is 0. The summed E-state index contributed by atoms with van der Waals surface area (Å²) < 4.78 is 6.45. The van der Waals surface area contributed by atoms with Crippen molar-refractivity contribution in [2.45, 2.75) is 20.8 Å². The Morgan fingerprint density at radius 1 is 1.10 bits per heavy atom. The maximum Gasteiger partial charge on any atom is 0.342 e. The maximum atomic E-state index is 12.3. The molecule has 0 saturated carbocycles. The highest BCUT2D eigenvalue weighted by atomic mass is 16.3. The molecule has 0 aromatic carbocycles. The van der Waals surface area contributed by atoms with Crippen LogP contribution in [0.3, 0.4) is 0 Å². The van der Waals surface area contributed by atoms with Crippen LogP contribution in [0.1, 0.15) is 45.4 Å². The van der Waals surface area contributed by atoms with E-state index in [1.165, 1.54) is 32.2 Å². The van der Waals surface area contributed by atoms with Gasteiger partial charge in [0.2, 0.25) is 17.6 Å². The summed E-state index contributed by atoms with van der Waals surface area (Å²) in [5.74, 6) is -1.85. The Morgan fingerprint density at radius 3 is 2.15 bits per heavy atom. The summed E-state index contributed by atoms with van der Waals surface area (Å²) in [5, 5.41) is 0. The third kappa shape index (κ3) is 1.93. The lowest BCUT2D eigenvalue weighted by Gasteiger charge is -2.01. The fourth-order valence-corrected chi connectivity index (χ4v) is 2.06. The molecule has 0 aliphatic carbocycles. The van der Waals surface area contributed by atoms with Crippen molar-refractivity contribution in [3.05, 3.63) is 46.0 Å². The van der Waals surface area contributed by atoms with Crippen LogP contribution in [-0.2, 0) is 0 Å². The van der Waals surface area contributed by atoms with Gasteiger partial charge >= 0.3 is 5.69 Å². The molecule has 0 atom stereocenters. The fourth-order valence-electron chi connectivity index (χ4n) is 2.06. The summed E-state index contributed by atoms with van der Waals surface area (Å²) in [6, 6.07) is 2.93. The standard InChI is InChI=1S/C13H12N2O5/c1-7-11(12(18)10-5-4-6-20-10)15(9(3)17)13(19)14(7)8(2)16/h4-6H,1-3H3. The number of furan rings is 1. The lowest BCUT2D eigenvalue weighted by molar-refractivity contribution is 0.0901. The molecule has 0 spiro atoms. The third-order valence-electron chi connectivity index (χ3n) is 2.87. The Bertz CT molecular complexity index is 762. The van der Waals surface area contributed by atoms with Crippen molar-refractivity contribution in [1.82, 2.24) is 9.13 Å². The number of carbonyl (C=O) groups is 3. The first-order valence-electron chi connectivity index (χ1n) is 5.80. The van der Waals surface area contributed by atoms with E-state index >= 15 is 0 Å². The number of carbonyl (C=O) groups excluding carboxylic acids is 3. The van der Waals surface area contributed by atoms with Crippen LogP contribution in [0.15, 0.2) is 27.6 Å². The van der Waals surface area contributed by atoms with Crippen molar-refractivity contribution in [1.29, 1.82) is 0 Å². The molecule has 0 radical (unpaired) electrons. The minimum absolute atomic E-state index is 0.0104. The molecule has 0 aliphatic rings. The predicted octanol–water partition coefficient (Wildman–Crippen LogP) is 1.10. The van der Waals surface area contributed by atoms with Crippen molar-refractivity contribution in [3.63, 3.8) is 0 Å². The molecule has 104 valence electrons. The van der Waals surface area contributed by atoms with Gasteiger partial charge in [-0.15, -0.1) is 0 Å². The summed E-state index contributed by atoms with van der Waals surface area (Å²) in [6.07, 6.45) is 1.31. The topological polar surface area (TPSA) is 91.3 Å². The molecule has 2 rings (SSSR count). The molecule has 2 aromatic rings. The molecule has 0 saturated heterocycles. The van der Waals surface area contributed by atoms with Crippen molar-refractivity contribution in [2.75, 3.05) is 0 Å².